The highest BCUT2D eigenvalue weighted by atomic mass is 16.6. The van der Waals surface area contributed by atoms with Gasteiger partial charge in [0.1, 0.15) is 0 Å². The fourth-order valence-electron chi connectivity index (χ4n) is 1.14. The normalized spacial score (nSPS) is 30.0. The Kier molecular flexibility index (Phi) is 2.23. The highest BCUT2D eigenvalue weighted by Gasteiger charge is 2.48. The monoisotopic (exact) mass is 173 g/mol. The first-order chi connectivity index (χ1) is 5.22. The number of aliphatic hydroxyl groups is 1. The van der Waals surface area contributed by atoms with E-state index >= 15 is 0 Å². The van der Waals surface area contributed by atoms with E-state index in [0.717, 1.165) is 6.54 Å². The topological polar surface area (TPSA) is 32.5 Å². The number of hydrogen-bond acceptors (Lipinski definition) is 3. The van der Waals surface area contributed by atoms with E-state index in [9.17, 15) is 5.11 Å². The number of aliphatic hydroxyl groups excluding tert-OH is 1. The van der Waals surface area contributed by atoms with Crippen LogP contribution in [0.1, 0.15) is 34.6 Å². The van der Waals surface area contributed by atoms with Crippen molar-refractivity contribution in [3.05, 3.63) is 0 Å². The second-order valence-corrected chi connectivity index (χ2v) is 5.00. The quantitative estimate of drug-likeness (QED) is 0.502. The molecule has 0 saturated carbocycles. The average molecular weight is 173 g/mol. The van der Waals surface area contributed by atoms with Crippen LogP contribution in [0.5, 0.6) is 0 Å². The van der Waals surface area contributed by atoms with E-state index in [1.807, 2.05) is 25.7 Å². The maximum Gasteiger partial charge on any atom is 0.217 e. The Bertz CT molecular complexity index is 172. The van der Waals surface area contributed by atoms with E-state index in [-0.39, 0.29) is 11.1 Å². The molecule has 1 aliphatic heterocycles. The van der Waals surface area contributed by atoms with E-state index < -0.39 is 6.41 Å². The van der Waals surface area contributed by atoms with Gasteiger partial charge in [-0.2, -0.15) is 0 Å². The van der Waals surface area contributed by atoms with Gasteiger partial charge in [-0.25, -0.2) is 4.90 Å². The molecule has 2 atom stereocenters. The highest BCUT2D eigenvalue weighted by molar-refractivity contribution is 4.99. The molecule has 1 heterocycles. The molecule has 1 N–H and O–H groups in total. The summed E-state index contributed by atoms with van der Waals surface area (Å²) in [5.41, 5.74) is -0.164. The Morgan fingerprint density at radius 1 is 1.42 bits per heavy atom. The summed E-state index contributed by atoms with van der Waals surface area (Å²) in [6.07, 6.45) is -0.750. The third-order valence-electron chi connectivity index (χ3n) is 1.96. The van der Waals surface area contributed by atoms with E-state index in [1.165, 1.54) is 0 Å². The lowest BCUT2D eigenvalue weighted by Crippen LogP contribution is -2.34. The molecule has 3 nitrogen and oxygen atoms in total. The molecular weight excluding hydrogens is 154 g/mol. The Morgan fingerprint density at radius 3 is 2.08 bits per heavy atom. The van der Waals surface area contributed by atoms with Gasteiger partial charge in [0, 0.05) is 12.1 Å². The fraction of sp³-hybridized carbons (Fsp3) is 1.00. The summed E-state index contributed by atoms with van der Waals surface area (Å²) in [4.78, 5) is 1.91. The van der Waals surface area contributed by atoms with Gasteiger partial charge in [0.15, 0.2) is 0 Å². The number of nitrogens with zero attached hydrogens (tertiary/aromatic N) is 1. The molecule has 0 bridgehead atoms. The van der Waals surface area contributed by atoms with E-state index in [1.54, 1.807) is 0 Å². The SMILES string of the molecule is CC(C)(C)OC(O)N1CC1(C)C. The molecule has 3 heteroatoms. The van der Waals surface area contributed by atoms with Gasteiger partial charge in [0.25, 0.3) is 0 Å². The third kappa shape index (κ3) is 2.44. The van der Waals surface area contributed by atoms with Crippen molar-refractivity contribution in [1.82, 2.24) is 4.90 Å². The van der Waals surface area contributed by atoms with E-state index in [2.05, 4.69) is 13.8 Å². The number of hydrogen-bond donors (Lipinski definition) is 1. The largest absolute Gasteiger partial charge is 0.356 e. The van der Waals surface area contributed by atoms with Gasteiger partial charge in [-0.1, -0.05) is 0 Å². The van der Waals surface area contributed by atoms with Gasteiger partial charge in [-0.15, -0.1) is 0 Å². The van der Waals surface area contributed by atoms with Crippen LogP contribution in [0.4, 0.5) is 0 Å². The summed E-state index contributed by atoms with van der Waals surface area (Å²) in [5, 5.41) is 9.56. The van der Waals surface area contributed by atoms with Crippen LogP contribution in [-0.4, -0.2) is 34.1 Å². The molecule has 0 aliphatic carbocycles. The van der Waals surface area contributed by atoms with Crippen molar-refractivity contribution in [2.24, 2.45) is 0 Å². The van der Waals surface area contributed by atoms with Gasteiger partial charge in [-0.05, 0) is 34.6 Å². The van der Waals surface area contributed by atoms with Gasteiger partial charge >= 0.3 is 0 Å². The van der Waals surface area contributed by atoms with Crippen LogP contribution in [0, 0.1) is 0 Å². The summed E-state index contributed by atoms with van der Waals surface area (Å²) in [6, 6.07) is 0. The first-order valence-electron chi connectivity index (χ1n) is 4.35. The van der Waals surface area contributed by atoms with Crippen molar-refractivity contribution < 1.29 is 9.84 Å². The summed E-state index contributed by atoms with van der Waals surface area (Å²) in [7, 11) is 0. The molecule has 0 spiro atoms. The van der Waals surface area contributed by atoms with Gasteiger partial charge < -0.3 is 9.84 Å². The summed E-state index contributed by atoms with van der Waals surface area (Å²) >= 11 is 0. The molecule has 0 aromatic rings. The molecular formula is C9H19NO2. The van der Waals surface area contributed by atoms with Crippen LogP contribution in [0.15, 0.2) is 0 Å². The van der Waals surface area contributed by atoms with Crippen molar-refractivity contribution in [2.45, 2.75) is 52.2 Å². The lowest BCUT2D eigenvalue weighted by Gasteiger charge is -2.25. The molecule has 0 radical (unpaired) electrons. The minimum absolute atomic E-state index is 0.116. The average Bonchev–Trinajstić information content (AvgIpc) is 2.35. The minimum Gasteiger partial charge on any atom is -0.356 e. The summed E-state index contributed by atoms with van der Waals surface area (Å²) in [6.45, 7) is 10.9. The molecule has 12 heavy (non-hydrogen) atoms. The maximum absolute atomic E-state index is 9.56. The van der Waals surface area contributed by atoms with Crippen LogP contribution in [-0.2, 0) is 4.74 Å². The lowest BCUT2D eigenvalue weighted by molar-refractivity contribution is -0.216. The van der Waals surface area contributed by atoms with Crippen molar-refractivity contribution in [1.29, 1.82) is 0 Å². The molecule has 72 valence electrons. The van der Waals surface area contributed by atoms with Crippen LogP contribution >= 0.6 is 0 Å². The molecule has 0 aromatic carbocycles. The first kappa shape index (κ1) is 9.96. The van der Waals surface area contributed by atoms with Crippen LogP contribution < -0.4 is 0 Å². The highest BCUT2D eigenvalue weighted by Crippen LogP contribution is 2.34. The second kappa shape index (κ2) is 2.69. The van der Waals surface area contributed by atoms with Crippen molar-refractivity contribution >= 4 is 0 Å². The van der Waals surface area contributed by atoms with Crippen LogP contribution in [0.25, 0.3) is 0 Å². The Hall–Kier alpha value is -0.120. The zero-order valence-corrected chi connectivity index (χ0v) is 8.59. The molecule has 0 aromatic heterocycles. The number of rotatable bonds is 2. The zero-order valence-electron chi connectivity index (χ0n) is 8.59. The van der Waals surface area contributed by atoms with Crippen molar-refractivity contribution in [3.63, 3.8) is 0 Å². The molecule has 0 amide bonds. The maximum atomic E-state index is 9.56. The predicted octanol–water partition coefficient (Wildman–Crippen LogP) is 1.17. The van der Waals surface area contributed by atoms with Crippen LogP contribution in [0.3, 0.4) is 0 Å². The van der Waals surface area contributed by atoms with Gasteiger partial charge in [0.05, 0.1) is 5.60 Å². The van der Waals surface area contributed by atoms with Gasteiger partial charge in [0.2, 0.25) is 6.41 Å². The van der Waals surface area contributed by atoms with E-state index in [4.69, 9.17) is 4.74 Å². The molecule has 1 rings (SSSR count). The Morgan fingerprint density at radius 2 is 1.83 bits per heavy atom. The zero-order chi connectivity index (χ0) is 9.57. The minimum atomic E-state index is -0.750. The Balaban J connectivity index is 2.37. The van der Waals surface area contributed by atoms with E-state index in [0.29, 0.717) is 0 Å². The molecule has 1 saturated heterocycles. The van der Waals surface area contributed by atoms with Gasteiger partial charge in [-0.3, -0.25) is 0 Å². The molecule has 1 fully saturated rings. The Labute approximate surface area is 74.3 Å². The van der Waals surface area contributed by atoms with Crippen molar-refractivity contribution in [3.8, 4) is 0 Å². The summed E-state index contributed by atoms with van der Waals surface area (Å²) in [5.74, 6) is 0. The smallest absolute Gasteiger partial charge is 0.217 e. The van der Waals surface area contributed by atoms with Crippen LogP contribution in [0.2, 0.25) is 0 Å². The predicted molar refractivity (Wildman–Crippen MR) is 47.6 cm³/mol. The fourth-order valence-corrected chi connectivity index (χ4v) is 1.14. The molecule has 1 aliphatic rings. The summed E-state index contributed by atoms with van der Waals surface area (Å²) < 4.78 is 5.38. The first-order valence-corrected chi connectivity index (χ1v) is 4.35. The second-order valence-electron chi connectivity index (χ2n) is 5.00. The lowest BCUT2D eigenvalue weighted by atomic mass is 10.2. The van der Waals surface area contributed by atoms with Crippen molar-refractivity contribution in [2.75, 3.05) is 6.54 Å². The molecule has 2 unspecified atom stereocenters. The number of ether oxygens (including phenoxy) is 1. The third-order valence-corrected chi connectivity index (χ3v) is 1.96. The standard InChI is InChI=1S/C9H19NO2/c1-8(2,3)12-7(11)10-6-9(10,4)5/h7,11H,6H2,1-5H3.